The number of Topliss-reactive ketones (excluding diaryl/α,β-unsaturated/α-hetero) is 1. The van der Waals surface area contributed by atoms with Crippen molar-refractivity contribution in [1.29, 1.82) is 0 Å². The molecule has 0 bridgehead atoms. The van der Waals surface area contributed by atoms with Crippen molar-refractivity contribution in [3.63, 3.8) is 0 Å². The van der Waals surface area contributed by atoms with Crippen LogP contribution >= 0.6 is 0 Å². The molecule has 3 rings (SSSR count). The van der Waals surface area contributed by atoms with Crippen LogP contribution in [0.5, 0.6) is 5.75 Å². The fourth-order valence-electron chi connectivity index (χ4n) is 2.99. The first-order chi connectivity index (χ1) is 16.3. The summed E-state index contributed by atoms with van der Waals surface area (Å²) < 4.78 is 33.1. The summed E-state index contributed by atoms with van der Waals surface area (Å²) in [4.78, 5) is 36.4. The predicted molar refractivity (Wildman–Crippen MR) is 126 cm³/mol. The lowest BCUT2D eigenvalue weighted by atomic mass is 10.1. The van der Waals surface area contributed by atoms with E-state index in [0.717, 1.165) is 0 Å². The highest BCUT2D eigenvalue weighted by Gasteiger charge is 2.18. The Kier molecular flexibility index (Phi) is 7.99. The number of hydrazine groups is 1. The molecule has 0 fully saturated rings. The number of nitrogens with one attached hydrogen (secondary N) is 3. The molecular weight excluding hydrogens is 458 g/mol. The summed E-state index contributed by atoms with van der Waals surface area (Å²) in [5.41, 5.74) is 5.22. The fourth-order valence-corrected chi connectivity index (χ4v) is 4.11. The van der Waals surface area contributed by atoms with Crippen LogP contribution in [-0.2, 0) is 14.8 Å². The molecule has 0 heterocycles. The van der Waals surface area contributed by atoms with E-state index >= 15 is 0 Å². The molecule has 9 nitrogen and oxygen atoms in total. The number of benzene rings is 3. The minimum Gasteiger partial charge on any atom is -0.495 e. The normalized spacial score (nSPS) is 10.7. The number of anilines is 1. The average Bonchev–Trinajstić information content (AvgIpc) is 2.86. The van der Waals surface area contributed by atoms with Gasteiger partial charge in [0.2, 0.25) is 5.91 Å². The molecule has 3 aromatic carbocycles. The van der Waals surface area contributed by atoms with E-state index in [1.165, 1.54) is 31.4 Å². The van der Waals surface area contributed by atoms with Crippen molar-refractivity contribution in [2.24, 2.45) is 0 Å². The van der Waals surface area contributed by atoms with E-state index in [1.54, 1.807) is 54.6 Å². The maximum Gasteiger partial charge on any atom is 0.269 e. The Morgan fingerprint density at radius 3 is 2.21 bits per heavy atom. The Balaban J connectivity index is 1.58. The van der Waals surface area contributed by atoms with Gasteiger partial charge in [-0.3, -0.25) is 30.0 Å². The zero-order chi connectivity index (χ0) is 24.6. The number of amides is 2. The van der Waals surface area contributed by atoms with Crippen LogP contribution in [0.1, 0.15) is 33.6 Å². The topological polar surface area (TPSA) is 131 Å². The van der Waals surface area contributed by atoms with Crippen LogP contribution in [0.2, 0.25) is 0 Å². The first-order valence-corrected chi connectivity index (χ1v) is 11.7. The molecule has 0 aromatic heterocycles. The Morgan fingerprint density at radius 1 is 0.794 bits per heavy atom. The molecule has 10 heteroatoms. The second-order valence-corrected chi connectivity index (χ2v) is 8.81. The lowest BCUT2D eigenvalue weighted by Crippen LogP contribution is -2.41. The van der Waals surface area contributed by atoms with E-state index < -0.39 is 21.8 Å². The van der Waals surface area contributed by atoms with Gasteiger partial charge >= 0.3 is 0 Å². The van der Waals surface area contributed by atoms with Gasteiger partial charge in [-0.1, -0.05) is 48.5 Å². The fraction of sp³-hybridized carbons (Fsp3) is 0.125. The first-order valence-electron chi connectivity index (χ1n) is 10.2. The summed E-state index contributed by atoms with van der Waals surface area (Å²) in [5, 5.41) is 0. The molecule has 0 spiro atoms. The molecule has 0 aliphatic rings. The number of sulfonamides is 1. The monoisotopic (exact) mass is 481 g/mol. The SMILES string of the molecule is COc1ccccc1NS(=O)(=O)c1cccc(C(=O)NNC(=O)CCC(=O)c2ccccc2)c1. The third-order valence-corrected chi connectivity index (χ3v) is 6.11. The predicted octanol–water partition coefficient (Wildman–Crippen LogP) is 2.92. The van der Waals surface area contributed by atoms with Crippen molar-refractivity contribution in [3.8, 4) is 5.75 Å². The molecule has 2 amide bonds. The standard InChI is InChI=1S/C24H23N3O6S/c1-33-22-13-6-5-12-20(22)27-34(31,32)19-11-7-10-18(16-19)24(30)26-25-23(29)15-14-21(28)17-8-3-2-4-9-17/h2-13,16,27H,14-15H2,1H3,(H,25,29)(H,26,30). The van der Waals surface area contributed by atoms with Crippen LogP contribution < -0.4 is 20.3 Å². The number of ether oxygens (including phenoxy) is 1. The molecule has 34 heavy (non-hydrogen) atoms. The van der Waals surface area contributed by atoms with Crippen molar-refractivity contribution in [1.82, 2.24) is 10.9 Å². The van der Waals surface area contributed by atoms with E-state index in [0.29, 0.717) is 11.3 Å². The number of methoxy groups -OCH3 is 1. The van der Waals surface area contributed by atoms with Crippen LogP contribution in [0.15, 0.2) is 83.8 Å². The minimum atomic E-state index is -4.01. The second kappa shape index (κ2) is 11.1. The molecule has 0 saturated carbocycles. The van der Waals surface area contributed by atoms with Crippen LogP contribution in [0.25, 0.3) is 0 Å². The van der Waals surface area contributed by atoms with Gasteiger partial charge in [0.25, 0.3) is 15.9 Å². The van der Waals surface area contributed by atoms with Crippen LogP contribution in [0, 0.1) is 0 Å². The Bertz CT molecular complexity index is 1290. The molecule has 176 valence electrons. The van der Waals surface area contributed by atoms with E-state index in [-0.39, 0.29) is 34.8 Å². The Labute approximate surface area is 197 Å². The van der Waals surface area contributed by atoms with Gasteiger partial charge in [-0.05, 0) is 30.3 Å². The van der Waals surface area contributed by atoms with E-state index in [1.807, 2.05) is 0 Å². The number of carbonyl (C=O) groups excluding carboxylic acids is 3. The largest absolute Gasteiger partial charge is 0.495 e. The lowest BCUT2D eigenvalue weighted by Gasteiger charge is -2.12. The van der Waals surface area contributed by atoms with Gasteiger partial charge in [0.1, 0.15) is 5.75 Å². The van der Waals surface area contributed by atoms with E-state index in [4.69, 9.17) is 4.74 Å². The minimum absolute atomic E-state index is 0.0172. The molecule has 0 aliphatic heterocycles. The molecule has 0 saturated heterocycles. The maximum absolute atomic E-state index is 12.8. The second-order valence-electron chi connectivity index (χ2n) is 7.13. The number of rotatable bonds is 9. The van der Waals surface area contributed by atoms with E-state index in [2.05, 4.69) is 15.6 Å². The summed E-state index contributed by atoms with van der Waals surface area (Å²) in [5.74, 6) is -1.12. The van der Waals surface area contributed by atoms with Crippen LogP contribution in [0.4, 0.5) is 5.69 Å². The smallest absolute Gasteiger partial charge is 0.269 e. The lowest BCUT2D eigenvalue weighted by molar-refractivity contribution is -0.121. The van der Waals surface area contributed by atoms with Crippen LogP contribution in [-0.4, -0.2) is 33.1 Å². The van der Waals surface area contributed by atoms with Gasteiger partial charge in [0, 0.05) is 24.0 Å². The van der Waals surface area contributed by atoms with Gasteiger partial charge in [-0.2, -0.15) is 0 Å². The summed E-state index contributed by atoms with van der Waals surface area (Å²) in [6.45, 7) is 0. The molecule has 3 N–H and O–H groups in total. The van der Waals surface area contributed by atoms with Gasteiger partial charge in [-0.25, -0.2) is 8.42 Å². The zero-order valence-electron chi connectivity index (χ0n) is 18.3. The third kappa shape index (κ3) is 6.42. The zero-order valence-corrected chi connectivity index (χ0v) is 19.1. The highest BCUT2D eigenvalue weighted by molar-refractivity contribution is 7.92. The van der Waals surface area contributed by atoms with Crippen molar-refractivity contribution >= 4 is 33.3 Å². The highest BCUT2D eigenvalue weighted by atomic mass is 32.2. The number of ketones is 1. The van der Waals surface area contributed by atoms with Crippen molar-refractivity contribution < 1.29 is 27.5 Å². The van der Waals surface area contributed by atoms with Crippen molar-refractivity contribution in [2.75, 3.05) is 11.8 Å². The highest BCUT2D eigenvalue weighted by Crippen LogP contribution is 2.26. The molecule has 0 atom stereocenters. The maximum atomic E-state index is 12.8. The molecule has 3 aromatic rings. The van der Waals surface area contributed by atoms with Gasteiger partial charge in [0.15, 0.2) is 5.78 Å². The molecular formula is C24H23N3O6S. The van der Waals surface area contributed by atoms with Gasteiger partial charge < -0.3 is 4.74 Å². The van der Waals surface area contributed by atoms with Crippen molar-refractivity contribution in [3.05, 3.63) is 90.0 Å². The Morgan fingerprint density at radius 2 is 1.47 bits per heavy atom. The summed E-state index contributed by atoms with van der Waals surface area (Å²) in [6.07, 6.45) is -0.140. The average molecular weight is 482 g/mol. The molecule has 0 aliphatic carbocycles. The molecule has 0 unspecified atom stereocenters. The quantitative estimate of drug-likeness (QED) is 0.318. The Hall–Kier alpha value is -4.18. The number of hydrogen-bond acceptors (Lipinski definition) is 6. The summed E-state index contributed by atoms with van der Waals surface area (Å²) in [7, 11) is -2.59. The first kappa shape index (κ1) is 24.5. The number of carbonyl (C=O) groups is 3. The van der Waals surface area contributed by atoms with Crippen LogP contribution in [0.3, 0.4) is 0 Å². The molecule has 0 radical (unpaired) electrons. The van der Waals surface area contributed by atoms with Gasteiger partial charge in [-0.15, -0.1) is 0 Å². The van der Waals surface area contributed by atoms with E-state index in [9.17, 15) is 22.8 Å². The number of hydrogen-bond donors (Lipinski definition) is 3. The number of para-hydroxylation sites is 2. The van der Waals surface area contributed by atoms with Crippen molar-refractivity contribution in [2.45, 2.75) is 17.7 Å². The summed E-state index contributed by atoms with van der Waals surface area (Å²) in [6, 6.07) is 20.4. The summed E-state index contributed by atoms with van der Waals surface area (Å²) >= 11 is 0. The third-order valence-electron chi connectivity index (χ3n) is 4.75. The van der Waals surface area contributed by atoms with Gasteiger partial charge in [0.05, 0.1) is 17.7 Å².